The quantitative estimate of drug-likeness (QED) is 0.741. The van der Waals surface area contributed by atoms with Crippen molar-refractivity contribution in [1.29, 1.82) is 0 Å². The lowest BCUT2D eigenvalue weighted by molar-refractivity contribution is 0.108. The van der Waals surface area contributed by atoms with Crippen LogP contribution < -0.4 is 10.6 Å². The molecule has 0 fully saturated rings. The normalized spacial score (nSPS) is 10.7. The van der Waals surface area contributed by atoms with Gasteiger partial charge in [-0.1, -0.05) is 37.0 Å². The van der Waals surface area contributed by atoms with Crippen molar-refractivity contribution < 1.29 is 9.53 Å². The molecule has 0 aliphatic rings. The topological polar surface area (TPSA) is 50.4 Å². The Labute approximate surface area is 129 Å². The van der Waals surface area contributed by atoms with Crippen LogP contribution in [0.15, 0.2) is 18.2 Å². The van der Waals surface area contributed by atoms with E-state index in [-0.39, 0.29) is 6.03 Å². The van der Waals surface area contributed by atoms with E-state index in [1.807, 2.05) is 0 Å². The number of hydrogen-bond acceptors (Lipinski definition) is 2. The highest BCUT2D eigenvalue weighted by Crippen LogP contribution is 2.24. The maximum absolute atomic E-state index is 11.6. The third-order valence-electron chi connectivity index (χ3n) is 2.38. The van der Waals surface area contributed by atoms with Crippen molar-refractivity contribution in [3.8, 4) is 0 Å². The first-order valence-electron chi connectivity index (χ1n) is 6.56. The Kier molecular flexibility index (Phi) is 7.73. The zero-order valence-electron chi connectivity index (χ0n) is 11.7. The van der Waals surface area contributed by atoms with Crippen LogP contribution in [0, 0.1) is 5.92 Å². The summed E-state index contributed by atoms with van der Waals surface area (Å²) in [7, 11) is 0. The number of rotatable bonds is 7. The molecule has 0 heterocycles. The van der Waals surface area contributed by atoms with Gasteiger partial charge in [-0.05, 0) is 30.5 Å². The van der Waals surface area contributed by atoms with Gasteiger partial charge in [0.2, 0.25) is 0 Å². The summed E-state index contributed by atoms with van der Waals surface area (Å²) in [5.41, 5.74) is 0.605. The van der Waals surface area contributed by atoms with E-state index in [1.165, 1.54) is 0 Å². The number of benzene rings is 1. The lowest BCUT2D eigenvalue weighted by Crippen LogP contribution is -2.30. The number of halogens is 2. The molecule has 0 saturated heterocycles. The molecule has 0 aliphatic carbocycles. The molecule has 1 aromatic rings. The summed E-state index contributed by atoms with van der Waals surface area (Å²) >= 11 is 11.7. The van der Waals surface area contributed by atoms with E-state index in [0.29, 0.717) is 34.8 Å². The van der Waals surface area contributed by atoms with Gasteiger partial charge >= 0.3 is 6.03 Å². The predicted molar refractivity (Wildman–Crippen MR) is 83.8 cm³/mol. The molecule has 20 heavy (non-hydrogen) atoms. The van der Waals surface area contributed by atoms with Crippen molar-refractivity contribution in [2.75, 3.05) is 25.1 Å². The molecular formula is C14H20Cl2N2O2. The van der Waals surface area contributed by atoms with Crippen molar-refractivity contribution in [3.63, 3.8) is 0 Å². The Balaban J connectivity index is 2.18. The molecule has 0 bridgehead atoms. The molecule has 1 aromatic carbocycles. The number of ether oxygens (including phenoxy) is 1. The van der Waals surface area contributed by atoms with Crippen LogP contribution in [0.1, 0.15) is 20.3 Å². The molecular weight excluding hydrogens is 299 g/mol. The molecule has 0 aromatic heterocycles. The zero-order valence-corrected chi connectivity index (χ0v) is 13.2. The summed E-state index contributed by atoms with van der Waals surface area (Å²) in [6.07, 6.45) is 0.779. The van der Waals surface area contributed by atoms with Crippen LogP contribution in [0.2, 0.25) is 10.0 Å². The van der Waals surface area contributed by atoms with Gasteiger partial charge in [0.1, 0.15) is 0 Å². The monoisotopic (exact) mass is 318 g/mol. The van der Waals surface area contributed by atoms with E-state index < -0.39 is 0 Å². The first-order valence-corrected chi connectivity index (χ1v) is 7.32. The number of urea groups is 1. The Bertz CT molecular complexity index is 439. The number of carbonyl (C=O) groups excluding carboxylic acids is 1. The molecule has 0 atom stereocenters. The minimum atomic E-state index is -0.271. The van der Waals surface area contributed by atoms with Gasteiger partial charge in [0.15, 0.2) is 0 Å². The van der Waals surface area contributed by atoms with Crippen LogP contribution in [-0.4, -0.2) is 25.8 Å². The lowest BCUT2D eigenvalue weighted by Gasteiger charge is -2.09. The molecule has 0 saturated carbocycles. The van der Waals surface area contributed by atoms with Crippen molar-refractivity contribution in [3.05, 3.63) is 28.2 Å². The number of anilines is 1. The third-order valence-corrected chi connectivity index (χ3v) is 3.12. The van der Waals surface area contributed by atoms with Crippen LogP contribution >= 0.6 is 23.2 Å². The van der Waals surface area contributed by atoms with Gasteiger partial charge in [-0.3, -0.25) is 0 Å². The summed E-state index contributed by atoms with van der Waals surface area (Å²) in [5, 5.41) is 6.30. The summed E-state index contributed by atoms with van der Waals surface area (Å²) < 4.78 is 5.42. The SMILES string of the molecule is CC(C)COCCCNC(=O)Nc1ccc(Cl)c(Cl)c1. The van der Waals surface area contributed by atoms with Gasteiger partial charge in [-0.15, -0.1) is 0 Å². The molecule has 2 amide bonds. The minimum absolute atomic E-state index is 0.271. The number of nitrogens with one attached hydrogen (secondary N) is 2. The summed E-state index contributed by atoms with van der Waals surface area (Å²) in [6.45, 7) is 6.15. The second kappa shape index (κ2) is 9.06. The van der Waals surface area contributed by atoms with Gasteiger partial charge in [0.05, 0.1) is 10.0 Å². The molecule has 0 aliphatic heterocycles. The average Bonchev–Trinajstić information content (AvgIpc) is 2.38. The Morgan fingerprint density at radius 1 is 1.30 bits per heavy atom. The van der Waals surface area contributed by atoms with Crippen LogP contribution in [0.4, 0.5) is 10.5 Å². The van der Waals surface area contributed by atoms with Gasteiger partial charge < -0.3 is 15.4 Å². The minimum Gasteiger partial charge on any atom is -0.381 e. The third kappa shape index (κ3) is 6.98. The Hall–Kier alpha value is -0.970. The van der Waals surface area contributed by atoms with Crippen LogP contribution in [0.3, 0.4) is 0 Å². The summed E-state index contributed by atoms with van der Waals surface area (Å²) in [5.74, 6) is 0.529. The van der Waals surface area contributed by atoms with Crippen LogP contribution in [0.25, 0.3) is 0 Å². The maximum Gasteiger partial charge on any atom is 0.319 e. The standard InChI is InChI=1S/C14H20Cl2N2O2/c1-10(2)9-20-7-3-6-17-14(19)18-11-4-5-12(15)13(16)8-11/h4-5,8,10H,3,6-7,9H2,1-2H3,(H2,17,18,19). The second-order valence-corrected chi connectivity index (χ2v) is 5.65. The van der Waals surface area contributed by atoms with E-state index in [0.717, 1.165) is 13.0 Å². The zero-order chi connectivity index (χ0) is 15.0. The predicted octanol–water partition coefficient (Wildman–Crippen LogP) is 4.18. The Morgan fingerprint density at radius 2 is 2.05 bits per heavy atom. The largest absolute Gasteiger partial charge is 0.381 e. The fourth-order valence-electron chi connectivity index (χ4n) is 1.44. The molecule has 0 spiro atoms. The highest BCUT2D eigenvalue weighted by Gasteiger charge is 2.03. The van der Waals surface area contributed by atoms with Crippen molar-refractivity contribution in [1.82, 2.24) is 5.32 Å². The summed E-state index contributed by atoms with van der Waals surface area (Å²) in [6, 6.07) is 4.67. The van der Waals surface area contributed by atoms with E-state index in [1.54, 1.807) is 18.2 Å². The second-order valence-electron chi connectivity index (χ2n) is 4.83. The smallest absolute Gasteiger partial charge is 0.319 e. The maximum atomic E-state index is 11.6. The Morgan fingerprint density at radius 3 is 2.70 bits per heavy atom. The van der Waals surface area contributed by atoms with Gasteiger partial charge in [0.25, 0.3) is 0 Å². The van der Waals surface area contributed by atoms with E-state index in [9.17, 15) is 4.79 Å². The van der Waals surface area contributed by atoms with Crippen LogP contribution in [0.5, 0.6) is 0 Å². The van der Waals surface area contributed by atoms with Crippen molar-refractivity contribution >= 4 is 34.9 Å². The number of carbonyl (C=O) groups is 1. The first-order chi connectivity index (χ1) is 9.49. The number of amides is 2. The average molecular weight is 319 g/mol. The molecule has 4 nitrogen and oxygen atoms in total. The molecule has 0 unspecified atom stereocenters. The highest BCUT2D eigenvalue weighted by atomic mass is 35.5. The molecule has 6 heteroatoms. The summed E-state index contributed by atoms with van der Waals surface area (Å²) in [4.78, 5) is 11.6. The van der Waals surface area contributed by atoms with Gasteiger partial charge in [-0.25, -0.2) is 4.79 Å². The molecule has 2 N–H and O–H groups in total. The van der Waals surface area contributed by atoms with Crippen LogP contribution in [-0.2, 0) is 4.74 Å². The van der Waals surface area contributed by atoms with Crippen molar-refractivity contribution in [2.24, 2.45) is 5.92 Å². The molecule has 112 valence electrons. The van der Waals surface area contributed by atoms with E-state index >= 15 is 0 Å². The molecule has 0 radical (unpaired) electrons. The number of hydrogen-bond donors (Lipinski definition) is 2. The fraction of sp³-hybridized carbons (Fsp3) is 0.500. The van der Waals surface area contributed by atoms with E-state index in [4.69, 9.17) is 27.9 Å². The van der Waals surface area contributed by atoms with Gasteiger partial charge in [-0.2, -0.15) is 0 Å². The fourth-order valence-corrected chi connectivity index (χ4v) is 1.74. The van der Waals surface area contributed by atoms with E-state index in [2.05, 4.69) is 24.5 Å². The lowest BCUT2D eigenvalue weighted by atomic mass is 10.2. The van der Waals surface area contributed by atoms with Gasteiger partial charge in [0, 0.05) is 25.4 Å². The first kappa shape index (κ1) is 17.1. The highest BCUT2D eigenvalue weighted by molar-refractivity contribution is 6.42. The molecule has 1 rings (SSSR count). The van der Waals surface area contributed by atoms with Crippen molar-refractivity contribution in [2.45, 2.75) is 20.3 Å².